The molecule has 4 aromatic rings. The Morgan fingerprint density at radius 3 is 2.30 bits per heavy atom. The summed E-state index contributed by atoms with van der Waals surface area (Å²) in [5, 5.41) is 24.8. The fourth-order valence-electron chi connectivity index (χ4n) is 4.58. The number of nitrogens with zero attached hydrogens (tertiary/aromatic N) is 1. The first kappa shape index (κ1) is 29.5. The Balaban J connectivity index is 1.41. The second-order valence-electron chi connectivity index (χ2n) is 9.63. The Kier molecular flexibility index (Phi) is 9.79. The van der Waals surface area contributed by atoms with Crippen LogP contribution in [0.2, 0.25) is 0 Å². The van der Waals surface area contributed by atoms with E-state index in [9.17, 15) is 19.6 Å². The Labute approximate surface area is 233 Å². The van der Waals surface area contributed by atoms with Gasteiger partial charge in [0.25, 0.3) is 0 Å². The van der Waals surface area contributed by atoms with E-state index in [1.54, 1.807) is 34.9 Å². The number of carboxylic acid groups (broad SMARTS) is 1. The van der Waals surface area contributed by atoms with Gasteiger partial charge in [-0.3, -0.25) is 4.57 Å². The first-order valence-corrected chi connectivity index (χ1v) is 14.5. The molecule has 0 bridgehead atoms. The number of aliphatic hydroxyl groups excluding tert-OH is 1. The van der Waals surface area contributed by atoms with Crippen molar-refractivity contribution in [3.8, 4) is 5.75 Å². The van der Waals surface area contributed by atoms with Gasteiger partial charge in [-0.15, -0.1) is 0 Å². The molecule has 212 valence electrons. The maximum absolute atomic E-state index is 12.6. The number of nitrogens with one attached hydrogen (secondary N) is 1. The van der Waals surface area contributed by atoms with E-state index in [2.05, 4.69) is 5.32 Å². The summed E-state index contributed by atoms with van der Waals surface area (Å²) in [6.45, 7) is 2.95. The van der Waals surface area contributed by atoms with Crippen molar-refractivity contribution in [1.29, 1.82) is 0 Å². The monoisotopic (exact) mass is 566 g/mol. The van der Waals surface area contributed by atoms with E-state index >= 15 is 0 Å². The van der Waals surface area contributed by atoms with Crippen LogP contribution in [0.3, 0.4) is 0 Å². The van der Waals surface area contributed by atoms with Crippen LogP contribution in [0.4, 0.5) is 0 Å². The molecule has 0 amide bonds. The number of para-hydroxylation sites is 1. The van der Waals surface area contributed by atoms with Crippen molar-refractivity contribution in [2.45, 2.75) is 32.0 Å². The lowest BCUT2D eigenvalue weighted by atomic mass is 10.0. The zero-order valence-electron chi connectivity index (χ0n) is 22.8. The second kappa shape index (κ2) is 13.3. The fourth-order valence-corrected chi connectivity index (χ4v) is 5.66. The molecule has 3 aromatic carbocycles. The number of aromatic nitrogens is 1. The molecule has 0 aliphatic carbocycles. The van der Waals surface area contributed by atoms with Gasteiger partial charge in [0.15, 0.2) is 0 Å². The standard InChI is InChI=1S/C30H35N2O7P/c1-21(31-18-25(33)20-39-26-7-5-4-6-8-26)15-23-11-14-28-24(16-23)17-29(30(34)35)32(28)19-22-9-12-27(13-10-22)40(36,37-2)38-3/h4-14,16-17,21,25,31,33H,15,18-20H2,1-3H3,(H,34,35)/t21-,25+/m1/s1. The van der Waals surface area contributed by atoms with Crippen molar-refractivity contribution in [1.82, 2.24) is 9.88 Å². The van der Waals surface area contributed by atoms with Gasteiger partial charge in [0.1, 0.15) is 24.2 Å². The predicted octanol–water partition coefficient (Wildman–Crippen LogP) is 4.46. The molecule has 0 radical (unpaired) electrons. The van der Waals surface area contributed by atoms with Gasteiger partial charge >= 0.3 is 13.6 Å². The van der Waals surface area contributed by atoms with Crippen LogP contribution in [0.15, 0.2) is 78.9 Å². The van der Waals surface area contributed by atoms with E-state index in [1.165, 1.54) is 14.2 Å². The average Bonchev–Trinajstić information content (AvgIpc) is 3.33. The van der Waals surface area contributed by atoms with Crippen molar-refractivity contribution in [2.24, 2.45) is 0 Å². The number of aromatic carboxylic acids is 1. The van der Waals surface area contributed by atoms with Gasteiger partial charge < -0.3 is 33.9 Å². The van der Waals surface area contributed by atoms with Gasteiger partial charge in [0.2, 0.25) is 0 Å². The van der Waals surface area contributed by atoms with Crippen LogP contribution in [0.5, 0.6) is 5.75 Å². The van der Waals surface area contributed by atoms with Gasteiger partial charge in [-0.2, -0.15) is 0 Å². The average molecular weight is 567 g/mol. The lowest BCUT2D eigenvalue weighted by Crippen LogP contribution is -2.37. The highest BCUT2D eigenvalue weighted by molar-refractivity contribution is 7.62. The van der Waals surface area contributed by atoms with E-state index in [0.717, 1.165) is 27.8 Å². The fraction of sp³-hybridized carbons (Fsp3) is 0.300. The quantitative estimate of drug-likeness (QED) is 0.192. The Morgan fingerprint density at radius 1 is 0.975 bits per heavy atom. The van der Waals surface area contributed by atoms with Gasteiger partial charge in [-0.1, -0.05) is 36.4 Å². The number of ether oxygens (including phenoxy) is 1. The Morgan fingerprint density at radius 2 is 1.65 bits per heavy atom. The van der Waals surface area contributed by atoms with E-state index in [0.29, 0.717) is 24.8 Å². The molecule has 1 heterocycles. The number of aliphatic hydroxyl groups is 1. The minimum absolute atomic E-state index is 0.0820. The van der Waals surface area contributed by atoms with Gasteiger partial charge in [-0.05, 0) is 66.9 Å². The Bertz CT molecular complexity index is 1460. The second-order valence-corrected chi connectivity index (χ2v) is 11.9. The third-order valence-electron chi connectivity index (χ3n) is 6.69. The first-order valence-electron chi connectivity index (χ1n) is 13.0. The van der Waals surface area contributed by atoms with Gasteiger partial charge in [0, 0.05) is 44.3 Å². The minimum Gasteiger partial charge on any atom is -0.491 e. The van der Waals surface area contributed by atoms with Crippen LogP contribution in [-0.4, -0.2) is 60.3 Å². The van der Waals surface area contributed by atoms with E-state index in [1.807, 2.05) is 55.5 Å². The molecule has 0 saturated heterocycles. The third-order valence-corrected chi connectivity index (χ3v) is 8.58. The molecule has 0 aliphatic rings. The van der Waals surface area contributed by atoms with Crippen LogP contribution in [0, 0.1) is 0 Å². The largest absolute Gasteiger partial charge is 0.491 e. The van der Waals surface area contributed by atoms with Crippen LogP contribution in [0.1, 0.15) is 28.5 Å². The van der Waals surface area contributed by atoms with Crippen LogP contribution in [-0.2, 0) is 26.6 Å². The number of rotatable bonds is 14. The lowest BCUT2D eigenvalue weighted by molar-refractivity contribution is 0.0686. The molecule has 0 aliphatic heterocycles. The van der Waals surface area contributed by atoms with E-state index in [-0.39, 0.29) is 18.3 Å². The highest BCUT2D eigenvalue weighted by Crippen LogP contribution is 2.44. The molecule has 9 nitrogen and oxygen atoms in total. The molecular weight excluding hydrogens is 531 g/mol. The zero-order chi connectivity index (χ0) is 28.7. The van der Waals surface area contributed by atoms with Crippen LogP contribution >= 0.6 is 7.60 Å². The maximum Gasteiger partial charge on any atom is 0.360 e. The molecule has 0 saturated carbocycles. The molecule has 0 unspecified atom stereocenters. The van der Waals surface area contributed by atoms with Gasteiger partial charge in [-0.25, -0.2) is 4.79 Å². The number of carbonyl (C=O) groups is 1. The van der Waals surface area contributed by atoms with Crippen LogP contribution < -0.4 is 15.4 Å². The van der Waals surface area contributed by atoms with E-state index < -0.39 is 19.7 Å². The molecule has 3 N–H and O–H groups in total. The zero-order valence-corrected chi connectivity index (χ0v) is 23.7. The third kappa shape index (κ3) is 7.18. The number of hydrogen-bond donors (Lipinski definition) is 3. The lowest BCUT2D eigenvalue weighted by Gasteiger charge is -2.18. The van der Waals surface area contributed by atoms with Crippen molar-refractivity contribution in [2.75, 3.05) is 27.4 Å². The smallest absolute Gasteiger partial charge is 0.360 e. The molecule has 2 atom stereocenters. The summed E-state index contributed by atoms with van der Waals surface area (Å²) in [5.41, 5.74) is 2.89. The predicted molar refractivity (Wildman–Crippen MR) is 155 cm³/mol. The molecule has 4 rings (SSSR count). The maximum atomic E-state index is 12.6. The molecular formula is C30H35N2O7P. The highest BCUT2D eigenvalue weighted by Gasteiger charge is 2.24. The van der Waals surface area contributed by atoms with Crippen molar-refractivity contribution in [3.63, 3.8) is 0 Å². The Hall–Kier alpha value is -3.46. The summed E-state index contributed by atoms with van der Waals surface area (Å²) in [6.07, 6.45) is 0.0540. The molecule has 10 heteroatoms. The highest BCUT2D eigenvalue weighted by atomic mass is 31.2. The van der Waals surface area contributed by atoms with Gasteiger partial charge in [0.05, 0.1) is 5.30 Å². The normalized spacial score (nSPS) is 13.3. The SMILES string of the molecule is COP(=O)(OC)c1ccc(Cn2c(C(=O)O)cc3cc(C[C@@H](C)NC[C@H](O)COc4ccccc4)ccc32)cc1. The number of carboxylic acids is 1. The minimum atomic E-state index is -3.36. The van der Waals surface area contributed by atoms with Crippen molar-refractivity contribution < 1.29 is 33.4 Å². The van der Waals surface area contributed by atoms with E-state index in [4.69, 9.17) is 13.8 Å². The molecule has 0 spiro atoms. The number of benzene rings is 3. The molecule has 40 heavy (non-hydrogen) atoms. The van der Waals surface area contributed by atoms with Crippen LogP contribution in [0.25, 0.3) is 10.9 Å². The number of fused-ring (bicyclic) bond motifs is 1. The molecule has 1 aromatic heterocycles. The first-order chi connectivity index (χ1) is 19.2. The van der Waals surface area contributed by atoms with Crippen molar-refractivity contribution in [3.05, 3.63) is 95.7 Å². The number of hydrogen-bond acceptors (Lipinski definition) is 7. The summed E-state index contributed by atoms with van der Waals surface area (Å²) in [6, 6.07) is 24.0. The summed E-state index contributed by atoms with van der Waals surface area (Å²) in [4.78, 5) is 12.1. The summed E-state index contributed by atoms with van der Waals surface area (Å²) >= 11 is 0. The molecule has 0 fully saturated rings. The summed E-state index contributed by atoms with van der Waals surface area (Å²) < 4.78 is 30.1. The summed E-state index contributed by atoms with van der Waals surface area (Å²) in [7, 11) is -0.693. The topological polar surface area (TPSA) is 119 Å². The summed E-state index contributed by atoms with van der Waals surface area (Å²) in [5.74, 6) is -0.296. The van der Waals surface area contributed by atoms with Crippen molar-refractivity contribution >= 4 is 29.8 Å².